The minimum atomic E-state index is -1.64. The molecule has 1 aliphatic rings. The number of hydrogen-bond acceptors (Lipinski definition) is 3. The van der Waals surface area contributed by atoms with Gasteiger partial charge in [0.05, 0.1) is 0 Å². The summed E-state index contributed by atoms with van der Waals surface area (Å²) >= 11 is 4.64. The van der Waals surface area contributed by atoms with E-state index in [1.54, 1.807) is 13.2 Å². The number of rotatable bonds is 9. The van der Waals surface area contributed by atoms with E-state index in [9.17, 15) is 9.59 Å². The number of hydrogen-bond donors (Lipinski definition) is 1. The van der Waals surface area contributed by atoms with Crippen LogP contribution in [-0.4, -0.2) is 37.4 Å². The second-order valence-corrected chi connectivity index (χ2v) is 12.7. The molecule has 0 spiro atoms. The van der Waals surface area contributed by atoms with Crippen molar-refractivity contribution >= 4 is 36.8 Å². The molecular weight excluding hydrogens is 439 g/mol. The first-order valence-corrected chi connectivity index (χ1v) is 13.4. The summed E-state index contributed by atoms with van der Waals surface area (Å²) in [5, 5.41) is 11.4. The normalized spacial score (nSPS) is 14.5. The third kappa shape index (κ3) is 5.18. The monoisotopic (exact) mass is 462 g/mol. The molecule has 4 nitrogen and oxygen atoms in total. The molecule has 2 aromatic rings. The average molecular weight is 463 g/mol. The van der Waals surface area contributed by atoms with Crippen LogP contribution in [0, 0.1) is 5.92 Å². The van der Waals surface area contributed by atoms with Crippen LogP contribution in [0.25, 0.3) is 11.1 Å². The SMILES string of the molecule is CC[As](Cc1ccc(OC)cc1-c1cc(Cl)cc(CC(=O)O)c1)C(=O)C1CC1. The van der Waals surface area contributed by atoms with Crippen molar-refractivity contribution in [3.63, 3.8) is 0 Å². The maximum atomic E-state index is 12.7. The van der Waals surface area contributed by atoms with Crippen LogP contribution in [0.4, 0.5) is 0 Å². The molecule has 0 bridgehead atoms. The van der Waals surface area contributed by atoms with Gasteiger partial charge in [-0.05, 0) is 0 Å². The van der Waals surface area contributed by atoms with E-state index < -0.39 is 20.6 Å². The number of carbonyl (C=O) groups is 2. The average Bonchev–Trinajstić information content (AvgIpc) is 3.49. The van der Waals surface area contributed by atoms with Gasteiger partial charge < -0.3 is 0 Å². The van der Waals surface area contributed by atoms with Crippen LogP contribution in [0.5, 0.6) is 5.75 Å². The molecule has 1 unspecified atom stereocenters. The fraction of sp³-hybridized carbons (Fsp3) is 0.364. The molecule has 28 heavy (non-hydrogen) atoms. The number of carboxylic acids is 1. The summed E-state index contributed by atoms with van der Waals surface area (Å²) in [6, 6.07) is 11.3. The Labute approximate surface area is 175 Å². The Morgan fingerprint density at radius 1 is 1.21 bits per heavy atom. The quantitative estimate of drug-likeness (QED) is 0.546. The molecule has 3 rings (SSSR count). The standard InChI is InChI=1S/C22H24AsClO4/c1-3-23(22(27)15-4-5-15)13-16-6-7-19(28-2)12-20(16)17-8-14(10-21(25)26)9-18(24)11-17/h6-9,11-12,15H,3-5,10,13H2,1-2H3,(H,25,26). The van der Waals surface area contributed by atoms with Crippen LogP contribution in [0.15, 0.2) is 36.4 Å². The van der Waals surface area contributed by atoms with Crippen molar-refractivity contribution in [3.8, 4) is 16.9 Å². The fourth-order valence-electron chi connectivity index (χ4n) is 3.31. The number of methoxy groups -OCH3 is 1. The van der Waals surface area contributed by atoms with Crippen LogP contribution in [-0.2, 0) is 21.2 Å². The van der Waals surface area contributed by atoms with E-state index >= 15 is 0 Å². The summed E-state index contributed by atoms with van der Waals surface area (Å²) in [6.07, 6.45) is 2.01. The molecule has 0 radical (unpaired) electrons. The van der Waals surface area contributed by atoms with E-state index in [0.29, 0.717) is 21.1 Å². The van der Waals surface area contributed by atoms with Gasteiger partial charge in [-0.25, -0.2) is 0 Å². The molecule has 6 heteroatoms. The Hall–Kier alpha value is -1.77. The maximum absolute atomic E-state index is 12.7. The van der Waals surface area contributed by atoms with E-state index in [0.717, 1.165) is 45.7 Å². The number of carbonyl (C=O) groups excluding carboxylic acids is 1. The molecule has 0 aromatic heterocycles. The van der Waals surface area contributed by atoms with Gasteiger partial charge >= 0.3 is 175 Å². The van der Waals surface area contributed by atoms with Gasteiger partial charge in [-0.2, -0.15) is 0 Å². The first kappa shape index (κ1) is 20.9. The van der Waals surface area contributed by atoms with Crippen LogP contribution in [0.2, 0.25) is 10.2 Å². The fourth-order valence-corrected chi connectivity index (χ4v) is 8.09. The Balaban J connectivity index is 2.00. The second-order valence-electron chi connectivity index (χ2n) is 7.07. The summed E-state index contributed by atoms with van der Waals surface area (Å²) in [6.45, 7) is 2.12. The molecule has 0 heterocycles. The number of halogens is 1. The van der Waals surface area contributed by atoms with Crippen molar-refractivity contribution in [3.05, 3.63) is 52.5 Å². The third-order valence-corrected chi connectivity index (χ3v) is 10.3. The number of benzene rings is 2. The molecule has 148 valence electrons. The molecule has 1 N–H and O–H groups in total. The molecule has 1 fully saturated rings. The summed E-state index contributed by atoms with van der Waals surface area (Å²) in [5.41, 5.74) is 3.59. The van der Waals surface area contributed by atoms with Gasteiger partial charge in [0.25, 0.3) is 0 Å². The van der Waals surface area contributed by atoms with E-state index in [1.165, 1.54) is 0 Å². The summed E-state index contributed by atoms with van der Waals surface area (Å²) in [4.78, 5) is 23.8. The first-order valence-electron chi connectivity index (χ1n) is 9.38. The molecule has 1 atom stereocenters. The van der Waals surface area contributed by atoms with E-state index in [1.807, 2.05) is 30.3 Å². The number of carboxylic acid groups (broad SMARTS) is 1. The third-order valence-electron chi connectivity index (χ3n) is 4.92. The molecular formula is C22H24AsClO4. The summed E-state index contributed by atoms with van der Waals surface area (Å²) in [7, 11) is 1.62. The van der Waals surface area contributed by atoms with Gasteiger partial charge in [0.1, 0.15) is 0 Å². The zero-order valence-electron chi connectivity index (χ0n) is 16.1. The Morgan fingerprint density at radius 3 is 2.57 bits per heavy atom. The van der Waals surface area contributed by atoms with Crippen molar-refractivity contribution in [2.45, 2.75) is 36.6 Å². The van der Waals surface area contributed by atoms with E-state index in [2.05, 4.69) is 6.92 Å². The van der Waals surface area contributed by atoms with Crippen molar-refractivity contribution in [2.75, 3.05) is 7.11 Å². The number of aliphatic carboxylic acids is 1. The Bertz CT molecular complexity index is 892. The molecule has 1 aliphatic carbocycles. The predicted molar refractivity (Wildman–Crippen MR) is 112 cm³/mol. The Morgan fingerprint density at radius 2 is 1.96 bits per heavy atom. The van der Waals surface area contributed by atoms with Gasteiger partial charge in [0.2, 0.25) is 0 Å². The van der Waals surface area contributed by atoms with E-state index in [4.69, 9.17) is 21.4 Å². The van der Waals surface area contributed by atoms with Crippen molar-refractivity contribution in [2.24, 2.45) is 5.92 Å². The molecule has 0 aliphatic heterocycles. The van der Waals surface area contributed by atoms with Crippen LogP contribution in [0.1, 0.15) is 30.9 Å². The van der Waals surface area contributed by atoms with Crippen molar-refractivity contribution in [1.29, 1.82) is 0 Å². The zero-order chi connectivity index (χ0) is 20.3. The van der Waals surface area contributed by atoms with Crippen molar-refractivity contribution < 1.29 is 19.4 Å². The van der Waals surface area contributed by atoms with Crippen molar-refractivity contribution in [1.82, 2.24) is 0 Å². The van der Waals surface area contributed by atoms with Crippen LogP contribution < -0.4 is 4.74 Å². The van der Waals surface area contributed by atoms with Gasteiger partial charge in [0.15, 0.2) is 0 Å². The molecule has 2 aromatic carbocycles. The van der Waals surface area contributed by atoms with Crippen LogP contribution in [0.3, 0.4) is 0 Å². The molecule has 0 amide bonds. The van der Waals surface area contributed by atoms with Gasteiger partial charge in [-0.1, -0.05) is 0 Å². The molecule has 0 saturated heterocycles. The Kier molecular flexibility index (Phi) is 6.85. The van der Waals surface area contributed by atoms with Gasteiger partial charge in [-0.15, -0.1) is 0 Å². The van der Waals surface area contributed by atoms with E-state index in [-0.39, 0.29) is 6.42 Å². The summed E-state index contributed by atoms with van der Waals surface area (Å²) < 4.78 is 5.91. The number of ether oxygens (including phenoxy) is 1. The topological polar surface area (TPSA) is 63.6 Å². The first-order chi connectivity index (χ1) is 13.4. The second kappa shape index (κ2) is 9.15. The van der Waals surface area contributed by atoms with Gasteiger partial charge in [-0.3, -0.25) is 0 Å². The zero-order valence-corrected chi connectivity index (χ0v) is 18.7. The summed E-state index contributed by atoms with van der Waals surface area (Å²) in [5.74, 6) is 0.130. The predicted octanol–water partition coefficient (Wildman–Crippen LogP) is 4.76. The van der Waals surface area contributed by atoms with Crippen LogP contribution >= 0.6 is 11.6 Å². The van der Waals surface area contributed by atoms with Gasteiger partial charge in [0, 0.05) is 0 Å². The molecule has 1 saturated carbocycles. The minimum absolute atomic E-state index is 0.0835.